The lowest BCUT2D eigenvalue weighted by Crippen LogP contribution is -2.04. The highest BCUT2D eigenvalue weighted by Crippen LogP contribution is 2.36. The minimum Gasteiger partial charge on any atom is -0.454 e. The molecule has 0 saturated heterocycles. The number of fused-ring (bicyclic) bond motifs is 1. The second kappa shape index (κ2) is 8.12. The number of hydrogen-bond acceptors (Lipinski definition) is 7. The van der Waals surface area contributed by atoms with E-state index in [2.05, 4.69) is 21.4 Å². The first-order valence-corrected chi connectivity index (χ1v) is 9.67. The zero-order chi connectivity index (χ0) is 20.2. The summed E-state index contributed by atoms with van der Waals surface area (Å²) >= 11 is 1.41. The number of amides is 1. The van der Waals surface area contributed by atoms with Crippen molar-refractivity contribution in [3.63, 3.8) is 0 Å². The zero-order valence-corrected chi connectivity index (χ0v) is 16.3. The molecule has 1 unspecified atom stereocenters. The van der Waals surface area contributed by atoms with Crippen LogP contribution in [-0.4, -0.2) is 23.9 Å². The molecule has 4 rings (SSSR count). The predicted octanol–water partition coefficient (Wildman–Crippen LogP) is 4.51. The molecule has 1 N–H and O–H groups in total. The molecular formula is C21H16N4O3S. The number of aliphatic imine (C=N–C) groups is 1. The number of aromatic nitrogens is 1. The maximum atomic E-state index is 11.1. The van der Waals surface area contributed by atoms with Crippen molar-refractivity contribution >= 4 is 34.8 Å². The Balaban J connectivity index is 1.49. The lowest BCUT2D eigenvalue weighted by Gasteiger charge is -2.02. The number of carbonyl (C=O) groups excluding carboxylic acids is 1. The van der Waals surface area contributed by atoms with Crippen molar-refractivity contribution in [3.8, 4) is 28.8 Å². The Bertz CT molecular complexity index is 1120. The van der Waals surface area contributed by atoms with Gasteiger partial charge >= 0.3 is 0 Å². The fraction of sp³-hybridized carbons (Fsp3) is 0.143. The van der Waals surface area contributed by atoms with Gasteiger partial charge in [0, 0.05) is 29.8 Å². The van der Waals surface area contributed by atoms with Crippen LogP contribution in [0.3, 0.4) is 0 Å². The van der Waals surface area contributed by atoms with Gasteiger partial charge in [-0.1, -0.05) is 0 Å². The molecule has 0 fully saturated rings. The number of hydrogen-bond donors (Lipinski definition) is 1. The van der Waals surface area contributed by atoms with Crippen molar-refractivity contribution in [2.24, 2.45) is 4.99 Å². The average molecular weight is 404 g/mol. The van der Waals surface area contributed by atoms with E-state index in [1.54, 1.807) is 30.5 Å². The van der Waals surface area contributed by atoms with Crippen LogP contribution in [-0.2, 0) is 4.79 Å². The molecule has 2 aromatic carbocycles. The summed E-state index contributed by atoms with van der Waals surface area (Å²) in [4.78, 5) is 20.0. The van der Waals surface area contributed by atoms with Crippen LogP contribution < -0.4 is 14.8 Å². The topological polar surface area (TPSA) is 96.6 Å². The smallest absolute Gasteiger partial charge is 0.231 e. The van der Waals surface area contributed by atoms with Crippen molar-refractivity contribution in [1.29, 1.82) is 5.26 Å². The highest BCUT2D eigenvalue weighted by molar-refractivity contribution is 7.10. The molecule has 0 aliphatic carbocycles. The number of benzene rings is 2. The molecule has 8 heteroatoms. The van der Waals surface area contributed by atoms with Crippen LogP contribution in [0.5, 0.6) is 11.5 Å². The van der Waals surface area contributed by atoms with E-state index < -0.39 is 5.92 Å². The van der Waals surface area contributed by atoms with E-state index >= 15 is 0 Å². The fourth-order valence-corrected chi connectivity index (χ4v) is 3.60. The van der Waals surface area contributed by atoms with Gasteiger partial charge in [0.1, 0.15) is 10.9 Å². The van der Waals surface area contributed by atoms with E-state index in [1.165, 1.54) is 18.3 Å². The molecule has 0 spiro atoms. The molecule has 1 aromatic heterocycles. The number of nitrogens with one attached hydrogen (secondary N) is 1. The zero-order valence-electron chi connectivity index (χ0n) is 15.5. The van der Waals surface area contributed by atoms with Gasteiger partial charge in [-0.3, -0.25) is 9.79 Å². The van der Waals surface area contributed by atoms with E-state index in [-0.39, 0.29) is 12.7 Å². The quantitative estimate of drug-likeness (QED) is 0.631. The number of rotatable bonds is 5. The molecule has 3 aromatic rings. The van der Waals surface area contributed by atoms with Crippen molar-refractivity contribution in [2.45, 2.75) is 12.8 Å². The summed E-state index contributed by atoms with van der Waals surface area (Å²) in [6.07, 6.45) is 1.58. The second-order valence-corrected chi connectivity index (χ2v) is 7.14. The van der Waals surface area contributed by atoms with Gasteiger partial charge in [0.15, 0.2) is 11.5 Å². The molecule has 1 aliphatic rings. The molecule has 2 heterocycles. The molecule has 29 heavy (non-hydrogen) atoms. The first kappa shape index (κ1) is 18.7. The van der Waals surface area contributed by atoms with Crippen molar-refractivity contribution in [3.05, 3.63) is 52.9 Å². The highest BCUT2D eigenvalue weighted by Gasteiger charge is 2.17. The average Bonchev–Trinajstić information content (AvgIpc) is 3.38. The van der Waals surface area contributed by atoms with Gasteiger partial charge in [0.05, 0.1) is 17.5 Å². The maximum Gasteiger partial charge on any atom is 0.231 e. The Kier molecular flexibility index (Phi) is 5.22. The highest BCUT2D eigenvalue weighted by atomic mass is 32.1. The van der Waals surface area contributed by atoms with Crippen LogP contribution in [0.1, 0.15) is 17.8 Å². The van der Waals surface area contributed by atoms with Crippen molar-refractivity contribution < 1.29 is 14.3 Å². The minimum absolute atomic E-state index is 0.132. The summed E-state index contributed by atoms with van der Waals surface area (Å²) in [5.74, 6) is 0.722. The van der Waals surface area contributed by atoms with Crippen LogP contribution in [0, 0.1) is 11.3 Å². The third-order valence-corrected chi connectivity index (χ3v) is 5.08. The van der Waals surface area contributed by atoms with Gasteiger partial charge < -0.3 is 14.8 Å². The van der Waals surface area contributed by atoms with Gasteiger partial charge in [-0.2, -0.15) is 5.26 Å². The van der Waals surface area contributed by atoms with Gasteiger partial charge in [-0.15, -0.1) is 11.3 Å². The molecule has 0 radical (unpaired) electrons. The SMILES string of the molecule is CC(=O)Nc1ccc(N=CC(C#N)c2nc(-c3ccc4c(c3)OCO4)cs2)cc1. The summed E-state index contributed by atoms with van der Waals surface area (Å²) in [5, 5.41) is 14.8. The monoisotopic (exact) mass is 404 g/mol. The fourth-order valence-electron chi connectivity index (χ4n) is 2.77. The first-order chi connectivity index (χ1) is 14.1. The van der Waals surface area contributed by atoms with Gasteiger partial charge in [-0.25, -0.2) is 4.98 Å². The van der Waals surface area contributed by atoms with Gasteiger partial charge in [0.2, 0.25) is 12.7 Å². The lowest BCUT2D eigenvalue weighted by atomic mass is 10.1. The van der Waals surface area contributed by atoms with Crippen LogP contribution in [0.4, 0.5) is 11.4 Å². The largest absolute Gasteiger partial charge is 0.454 e. The standard InChI is InChI=1S/C21H16N4O3S/c1-13(26)24-17-5-3-16(4-6-17)23-10-15(9-22)21-25-18(11-29-21)14-2-7-19-20(8-14)28-12-27-19/h2-8,10-11,15H,12H2,1H3,(H,24,26). The number of nitrogens with zero attached hydrogens (tertiary/aromatic N) is 3. The van der Waals surface area contributed by atoms with E-state index in [0.717, 1.165) is 17.0 Å². The lowest BCUT2D eigenvalue weighted by molar-refractivity contribution is -0.114. The van der Waals surface area contributed by atoms with E-state index in [1.807, 2.05) is 23.6 Å². The molecule has 1 atom stereocenters. The number of ether oxygens (including phenoxy) is 2. The number of nitriles is 1. The van der Waals surface area contributed by atoms with Crippen molar-refractivity contribution in [2.75, 3.05) is 12.1 Å². The molecule has 144 valence electrons. The van der Waals surface area contributed by atoms with E-state index in [0.29, 0.717) is 22.1 Å². The summed E-state index contributed by atoms with van der Waals surface area (Å²) in [6, 6.07) is 14.9. The Morgan fingerprint density at radius 3 is 2.83 bits per heavy atom. The maximum absolute atomic E-state index is 11.1. The first-order valence-electron chi connectivity index (χ1n) is 8.79. The summed E-state index contributed by atoms with van der Waals surface area (Å²) < 4.78 is 10.7. The van der Waals surface area contributed by atoms with Crippen LogP contribution >= 0.6 is 11.3 Å². The summed E-state index contributed by atoms with van der Waals surface area (Å²) in [6.45, 7) is 1.68. The summed E-state index contributed by atoms with van der Waals surface area (Å²) in [7, 11) is 0. The molecule has 1 amide bonds. The number of thiazole rings is 1. The number of carbonyl (C=O) groups is 1. The molecule has 1 aliphatic heterocycles. The van der Waals surface area contributed by atoms with Crippen LogP contribution in [0.2, 0.25) is 0 Å². The van der Waals surface area contributed by atoms with E-state index in [9.17, 15) is 10.1 Å². The Hall–Kier alpha value is -3.70. The third-order valence-electron chi connectivity index (χ3n) is 4.16. The van der Waals surface area contributed by atoms with Crippen LogP contribution in [0.15, 0.2) is 52.8 Å². The van der Waals surface area contributed by atoms with Crippen molar-refractivity contribution in [1.82, 2.24) is 4.98 Å². The minimum atomic E-state index is -0.558. The normalized spacial score (nSPS) is 13.2. The second-order valence-electron chi connectivity index (χ2n) is 6.25. The molecule has 0 saturated carbocycles. The van der Waals surface area contributed by atoms with Gasteiger partial charge in [-0.05, 0) is 42.5 Å². The molecule has 7 nitrogen and oxygen atoms in total. The Morgan fingerprint density at radius 2 is 2.07 bits per heavy atom. The van der Waals surface area contributed by atoms with Crippen LogP contribution in [0.25, 0.3) is 11.3 Å². The van der Waals surface area contributed by atoms with E-state index in [4.69, 9.17) is 9.47 Å². The predicted molar refractivity (Wildman–Crippen MR) is 111 cm³/mol. The molecule has 0 bridgehead atoms. The summed E-state index contributed by atoms with van der Waals surface area (Å²) in [5.41, 5.74) is 3.06. The Morgan fingerprint density at radius 1 is 1.28 bits per heavy atom. The number of anilines is 1. The Labute approximate surface area is 171 Å². The third kappa shape index (κ3) is 4.25. The molecular weight excluding hydrogens is 388 g/mol. The van der Waals surface area contributed by atoms with Gasteiger partial charge in [0.25, 0.3) is 0 Å².